The van der Waals surface area contributed by atoms with Gasteiger partial charge in [-0.25, -0.2) is 8.42 Å². The molecule has 0 aliphatic carbocycles. The second-order valence-electron chi connectivity index (χ2n) is 4.60. The molecule has 0 unspecified atom stereocenters. The Morgan fingerprint density at radius 1 is 1.10 bits per heavy atom. The highest BCUT2D eigenvalue weighted by molar-refractivity contribution is 7.92. The van der Waals surface area contributed by atoms with Crippen LogP contribution in [0.1, 0.15) is 11.1 Å². The van der Waals surface area contributed by atoms with Crippen LogP contribution in [0.5, 0.6) is 0 Å². The molecule has 0 spiro atoms. The van der Waals surface area contributed by atoms with E-state index in [9.17, 15) is 8.42 Å². The van der Waals surface area contributed by atoms with Crippen molar-refractivity contribution in [2.45, 2.75) is 18.2 Å². The van der Waals surface area contributed by atoms with Crippen molar-refractivity contribution < 1.29 is 8.42 Å². The molecule has 112 valence electrons. The number of benzene rings is 2. The van der Waals surface area contributed by atoms with E-state index in [4.69, 9.17) is 23.2 Å². The zero-order chi connectivity index (χ0) is 15.5. The van der Waals surface area contributed by atoms with Crippen LogP contribution in [-0.4, -0.2) is 14.3 Å². The summed E-state index contributed by atoms with van der Waals surface area (Å²) in [7, 11) is -3.63. The molecule has 2 aromatic carbocycles. The van der Waals surface area contributed by atoms with E-state index in [1.54, 1.807) is 49.4 Å². The summed E-state index contributed by atoms with van der Waals surface area (Å²) in [5.41, 5.74) is 2.18. The molecule has 0 aliphatic rings. The van der Waals surface area contributed by atoms with Gasteiger partial charge in [-0.1, -0.05) is 29.8 Å². The lowest BCUT2D eigenvalue weighted by atomic mass is 10.2. The average Bonchev–Trinajstić information content (AvgIpc) is 2.45. The van der Waals surface area contributed by atoms with Crippen molar-refractivity contribution in [3.63, 3.8) is 0 Å². The third-order valence-corrected chi connectivity index (χ3v) is 5.11. The maximum absolute atomic E-state index is 12.4. The molecule has 0 radical (unpaired) electrons. The Morgan fingerprint density at radius 2 is 1.76 bits per heavy atom. The summed E-state index contributed by atoms with van der Waals surface area (Å²) in [5, 5.41) is 0.521. The molecule has 6 heteroatoms. The predicted octanol–water partition coefficient (Wildman–Crippen LogP) is 4.23. The van der Waals surface area contributed by atoms with Gasteiger partial charge in [0.25, 0.3) is 10.0 Å². The number of hydrogen-bond donors (Lipinski definition) is 1. The number of aryl methyl sites for hydroxylation is 1. The maximum atomic E-state index is 12.4. The smallest absolute Gasteiger partial charge is 0.261 e. The minimum absolute atomic E-state index is 0.209. The Balaban J connectivity index is 2.27. The summed E-state index contributed by atoms with van der Waals surface area (Å²) >= 11 is 11.7. The molecule has 0 aliphatic heterocycles. The van der Waals surface area contributed by atoms with Crippen molar-refractivity contribution in [1.82, 2.24) is 0 Å². The number of halogens is 2. The number of sulfonamides is 1. The van der Waals surface area contributed by atoms with Crippen molar-refractivity contribution in [1.29, 1.82) is 0 Å². The Morgan fingerprint density at radius 3 is 2.38 bits per heavy atom. The molecule has 0 bridgehead atoms. The molecule has 3 nitrogen and oxygen atoms in total. The Kier molecular flexibility index (Phi) is 5.14. The van der Waals surface area contributed by atoms with E-state index in [2.05, 4.69) is 4.72 Å². The summed E-state index contributed by atoms with van der Waals surface area (Å²) in [6.07, 6.45) is 0.711. The predicted molar refractivity (Wildman–Crippen MR) is 87.9 cm³/mol. The van der Waals surface area contributed by atoms with Crippen molar-refractivity contribution >= 4 is 38.9 Å². The fourth-order valence-corrected chi connectivity index (χ4v) is 3.38. The molecule has 21 heavy (non-hydrogen) atoms. The summed E-state index contributed by atoms with van der Waals surface area (Å²) in [5.74, 6) is 0.506. The van der Waals surface area contributed by atoms with Crippen molar-refractivity contribution in [2.24, 2.45) is 0 Å². The van der Waals surface area contributed by atoms with Gasteiger partial charge in [0.05, 0.1) is 10.6 Å². The van der Waals surface area contributed by atoms with Gasteiger partial charge in [0.1, 0.15) is 0 Å². The van der Waals surface area contributed by atoms with Crippen LogP contribution in [0.3, 0.4) is 0 Å². The van der Waals surface area contributed by atoms with Crippen LogP contribution in [0.25, 0.3) is 0 Å². The van der Waals surface area contributed by atoms with Gasteiger partial charge >= 0.3 is 0 Å². The van der Waals surface area contributed by atoms with E-state index < -0.39 is 10.0 Å². The quantitative estimate of drug-likeness (QED) is 0.825. The molecule has 0 amide bonds. The van der Waals surface area contributed by atoms with E-state index >= 15 is 0 Å². The topological polar surface area (TPSA) is 46.2 Å². The second kappa shape index (κ2) is 6.69. The van der Waals surface area contributed by atoms with Gasteiger partial charge in [0, 0.05) is 10.9 Å². The monoisotopic (exact) mass is 343 g/mol. The lowest BCUT2D eigenvalue weighted by Gasteiger charge is -2.11. The first-order valence-electron chi connectivity index (χ1n) is 6.37. The number of rotatable bonds is 5. The first-order valence-corrected chi connectivity index (χ1v) is 8.76. The van der Waals surface area contributed by atoms with Crippen LogP contribution >= 0.6 is 23.2 Å². The minimum atomic E-state index is -3.63. The van der Waals surface area contributed by atoms with E-state index in [-0.39, 0.29) is 4.90 Å². The first-order chi connectivity index (χ1) is 9.94. The van der Waals surface area contributed by atoms with E-state index in [1.807, 2.05) is 0 Å². The average molecular weight is 344 g/mol. The molecule has 0 saturated heterocycles. The lowest BCUT2D eigenvalue weighted by Crippen LogP contribution is -2.13. The fraction of sp³-hybridized carbons (Fsp3) is 0.200. The molecule has 2 rings (SSSR count). The third kappa shape index (κ3) is 3.90. The van der Waals surface area contributed by atoms with Gasteiger partial charge in [-0.2, -0.15) is 0 Å². The van der Waals surface area contributed by atoms with Gasteiger partial charge in [-0.15, -0.1) is 11.6 Å². The van der Waals surface area contributed by atoms with Crippen molar-refractivity contribution in [3.05, 3.63) is 58.6 Å². The lowest BCUT2D eigenvalue weighted by molar-refractivity contribution is 0.601. The molecule has 0 atom stereocenters. The number of alkyl halides is 1. The highest BCUT2D eigenvalue weighted by Crippen LogP contribution is 2.25. The van der Waals surface area contributed by atoms with E-state index in [1.165, 1.54) is 0 Å². The van der Waals surface area contributed by atoms with Crippen LogP contribution in [0.15, 0.2) is 47.4 Å². The maximum Gasteiger partial charge on any atom is 0.261 e. The highest BCUT2D eigenvalue weighted by Gasteiger charge is 2.15. The molecular weight excluding hydrogens is 329 g/mol. The summed E-state index contributed by atoms with van der Waals surface area (Å²) in [4.78, 5) is 0.209. The van der Waals surface area contributed by atoms with Gasteiger partial charge < -0.3 is 0 Å². The van der Waals surface area contributed by atoms with E-state index in [0.29, 0.717) is 28.6 Å². The normalized spacial score (nSPS) is 11.4. The van der Waals surface area contributed by atoms with Crippen molar-refractivity contribution in [3.8, 4) is 0 Å². The van der Waals surface area contributed by atoms with E-state index in [0.717, 1.165) is 5.56 Å². The number of anilines is 1. The van der Waals surface area contributed by atoms with Crippen LogP contribution in [0, 0.1) is 6.92 Å². The van der Waals surface area contributed by atoms with Gasteiger partial charge in [-0.05, 0) is 48.7 Å². The minimum Gasteiger partial charge on any atom is -0.279 e. The zero-order valence-electron chi connectivity index (χ0n) is 11.4. The summed E-state index contributed by atoms with van der Waals surface area (Å²) in [6, 6.07) is 11.8. The molecular formula is C15H15Cl2NO2S. The van der Waals surface area contributed by atoms with Crippen LogP contribution in [0.4, 0.5) is 5.69 Å². The molecule has 0 fully saturated rings. The van der Waals surface area contributed by atoms with Crippen LogP contribution in [0.2, 0.25) is 5.02 Å². The van der Waals surface area contributed by atoms with Gasteiger partial charge in [0.2, 0.25) is 0 Å². The first kappa shape index (κ1) is 16.1. The number of nitrogens with one attached hydrogen (secondary N) is 1. The largest absolute Gasteiger partial charge is 0.279 e. The number of hydrogen-bond acceptors (Lipinski definition) is 2. The molecule has 0 heterocycles. The Labute approximate surface area is 135 Å². The summed E-state index contributed by atoms with van der Waals surface area (Å²) < 4.78 is 27.3. The third-order valence-electron chi connectivity index (χ3n) is 3.13. The van der Waals surface area contributed by atoms with Crippen molar-refractivity contribution in [2.75, 3.05) is 10.6 Å². The molecule has 2 aromatic rings. The second-order valence-corrected chi connectivity index (χ2v) is 7.07. The Hall–Kier alpha value is -1.23. The molecule has 0 aromatic heterocycles. The van der Waals surface area contributed by atoms with Gasteiger partial charge in [0.15, 0.2) is 0 Å². The summed E-state index contributed by atoms with van der Waals surface area (Å²) in [6.45, 7) is 1.77. The highest BCUT2D eigenvalue weighted by atomic mass is 35.5. The standard InChI is InChI=1S/C15H15Cl2NO2S/c1-11-14(17)3-2-4-15(11)18-21(19,20)13-7-5-12(6-8-13)9-10-16/h2-8,18H,9-10H2,1H3. The molecule has 1 N–H and O–H groups in total. The molecule has 0 saturated carbocycles. The van der Waals surface area contributed by atoms with Gasteiger partial charge in [-0.3, -0.25) is 4.72 Å². The Bertz CT molecular complexity index is 728. The van der Waals surface area contributed by atoms with Crippen LogP contribution < -0.4 is 4.72 Å². The fourth-order valence-electron chi connectivity index (χ4n) is 1.87. The zero-order valence-corrected chi connectivity index (χ0v) is 13.8. The SMILES string of the molecule is Cc1c(Cl)cccc1NS(=O)(=O)c1ccc(CCCl)cc1. The van der Waals surface area contributed by atoms with Crippen LogP contribution in [-0.2, 0) is 16.4 Å².